The number of rotatable bonds is 1. The van der Waals surface area contributed by atoms with Crippen molar-refractivity contribution in [2.45, 2.75) is 49.4 Å². The van der Waals surface area contributed by atoms with Crippen LogP contribution in [0.3, 0.4) is 0 Å². The predicted molar refractivity (Wildman–Crippen MR) is 61.0 cm³/mol. The van der Waals surface area contributed by atoms with Gasteiger partial charge in [0.25, 0.3) is 11.8 Å². The van der Waals surface area contributed by atoms with Crippen LogP contribution < -0.4 is 0 Å². The van der Waals surface area contributed by atoms with Crippen LogP contribution in [0.2, 0.25) is 0 Å². The van der Waals surface area contributed by atoms with E-state index in [1.54, 1.807) is 0 Å². The molecule has 4 rings (SSSR count). The molecule has 128 valence electrons. The van der Waals surface area contributed by atoms with E-state index in [0.717, 1.165) is 4.68 Å². The Balaban J connectivity index is 1.75. The summed E-state index contributed by atoms with van der Waals surface area (Å²) in [6.45, 7) is 0. The first-order chi connectivity index (χ1) is 10.4. The second-order valence-corrected chi connectivity index (χ2v) is 6.50. The molecule has 0 aliphatic heterocycles. The maximum Gasteiger partial charge on any atom is 0.435 e. The Morgan fingerprint density at radius 2 is 1.65 bits per heavy atom. The number of halogens is 7. The lowest BCUT2D eigenvalue weighted by molar-refractivity contribution is -0.146. The normalized spacial score (nSPS) is 36.9. The van der Waals surface area contributed by atoms with Gasteiger partial charge in [-0.25, -0.2) is 17.6 Å². The minimum absolute atomic E-state index is 0.0925. The Kier molecular flexibility index (Phi) is 2.66. The van der Waals surface area contributed by atoms with Crippen molar-refractivity contribution in [1.82, 2.24) is 9.78 Å². The second-order valence-electron chi connectivity index (χ2n) is 6.50. The topological polar surface area (TPSA) is 38.1 Å². The van der Waals surface area contributed by atoms with Gasteiger partial charge in [0.1, 0.15) is 6.10 Å². The summed E-state index contributed by atoms with van der Waals surface area (Å²) < 4.78 is 93.6. The molecule has 2 fully saturated rings. The minimum atomic E-state index is -5.00. The molecule has 0 saturated heterocycles. The van der Waals surface area contributed by atoms with E-state index in [-0.39, 0.29) is 12.8 Å². The monoisotopic (exact) mass is 344 g/mol. The summed E-state index contributed by atoms with van der Waals surface area (Å²) in [5.41, 5.74) is -2.87. The highest BCUT2D eigenvalue weighted by molar-refractivity contribution is 5.38. The lowest BCUT2D eigenvalue weighted by atomic mass is 10.1. The first-order valence-electron chi connectivity index (χ1n) is 7.06. The third-order valence-corrected chi connectivity index (χ3v) is 5.16. The highest BCUT2D eigenvalue weighted by Crippen LogP contribution is 2.67. The van der Waals surface area contributed by atoms with Crippen molar-refractivity contribution < 1.29 is 35.8 Å². The van der Waals surface area contributed by atoms with Gasteiger partial charge in [-0.1, -0.05) is 0 Å². The molecule has 0 radical (unpaired) electrons. The number of aliphatic hydroxyl groups is 1. The zero-order valence-corrected chi connectivity index (χ0v) is 11.4. The van der Waals surface area contributed by atoms with Gasteiger partial charge < -0.3 is 5.11 Å². The molecule has 1 aromatic rings. The average molecular weight is 344 g/mol. The smallest absolute Gasteiger partial charge is 0.382 e. The van der Waals surface area contributed by atoms with Crippen LogP contribution in [0.15, 0.2) is 0 Å². The number of hydrogen-bond acceptors (Lipinski definition) is 2. The Morgan fingerprint density at radius 3 is 2.17 bits per heavy atom. The third-order valence-electron chi connectivity index (χ3n) is 5.16. The van der Waals surface area contributed by atoms with Gasteiger partial charge in [0, 0.05) is 17.4 Å². The standard InChI is InChI=1S/C13H11F7N2O/c14-11(15)3-7-8(10(11)23)9(13(18,19)20)21-22(7)4-1-5-6(2-4)12(5,16)17/h4-6,10,23H,1-3H2/t4-,5-,6+,10-/m0/s1. The molecule has 10 heteroatoms. The van der Waals surface area contributed by atoms with Crippen molar-refractivity contribution in [2.75, 3.05) is 0 Å². The highest BCUT2D eigenvalue weighted by Gasteiger charge is 2.72. The fourth-order valence-electron chi connectivity index (χ4n) is 3.97. The predicted octanol–water partition coefficient (Wildman–Crippen LogP) is 3.34. The van der Waals surface area contributed by atoms with Crippen LogP contribution in [0.1, 0.15) is 41.9 Å². The van der Waals surface area contributed by atoms with Crippen LogP contribution in [0.25, 0.3) is 0 Å². The molecule has 23 heavy (non-hydrogen) atoms. The number of hydrogen-bond donors (Lipinski definition) is 1. The molecule has 0 spiro atoms. The summed E-state index contributed by atoms with van der Waals surface area (Å²) in [7, 11) is 0. The molecule has 0 aromatic carbocycles. The minimum Gasteiger partial charge on any atom is -0.382 e. The summed E-state index contributed by atoms with van der Waals surface area (Å²) >= 11 is 0. The van der Waals surface area contributed by atoms with E-state index < -0.39 is 65.4 Å². The van der Waals surface area contributed by atoms with Crippen molar-refractivity contribution in [3.05, 3.63) is 17.0 Å². The average Bonchev–Trinajstić information content (AvgIpc) is 2.85. The Labute approximate surface area is 125 Å². The first-order valence-corrected chi connectivity index (χ1v) is 7.06. The highest BCUT2D eigenvalue weighted by atomic mass is 19.4. The van der Waals surface area contributed by atoms with Gasteiger partial charge in [0.2, 0.25) is 0 Å². The van der Waals surface area contributed by atoms with Gasteiger partial charge in [-0.3, -0.25) is 4.68 Å². The van der Waals surface area contributed by atoms with E-state index in [9.17, 15) is 35.8 Å². The quantitative estimate of drug-likeness (QED) is 0.794. The maximum absolute atomic E-state index is 13.6. The fourth-order valence-corrected chi connectivity index (χ4v) is 3.97. The largest absolute Gasteiger partial charge is 0.435 e. The number of nitrogens with zero attached hydrogens (tertiary/aromatic N) is 2. The SMILES string of the molecule is O[C@H]1c2c(C(F)(F)F)nn([C@@H]3C[C@@H]4[C@H](C3)C4(F)F)c2CC1(F)F. The van der Waals surface area contributed by atoms with E-state index in [0.29, 0.717) is 0 Å². The molecular weight excluding hydrogens is 333 g/mol. The number of aromatic nitrogens is 2. The van der Waals surface area contributed by atoms with Gasteiger partial charge in [-0.2, -0.15) is 18.3 Å². The molecule has 1 N–H and O–H groups in total. The van der Waals surface area contributed by atoms with Crippen LogP contribution in [0.4, 0.5) is 30.7 Å². The molecule has 3 aliphatic carbocycles. The molecule has 2 saturated carbocycles. The summed E-state index contributed by atoms with van der Waals surface area (Å²) in [4.78, 5) is 0. The number of fused-ring (bicyclic) bond motifs is 2. The van der Waals surface area contributed by atoms with Gasteiger partial charge >= 0.3 is 6.18 Å². The lowest BCUT2D eigenvalue weighted by Crippen LogP contribution is -2.25. The van der Waals surface area contributed by atoms with E-state index in [2.05, 4.69) is 5.10 Å². The molecule has 0 amide bonds. The van der Waals surface area contributed by atoms with E-state index >= 15 is 0 Å². The molecular formula is C13H11F7N2O. The van der Waals surface area contributed by atoms with E-state index in [4.69, 9.17) is 0 Å². The maximum atomic E-state index is 13.6. The van der Waals surface area contributed by atoms with Crippen molar-refractivity contribution in [3.8, 4) is 0 Å². The summed E-state index contributed by atoms with van der Waals surface area (Å²) in [5.74, 6) is -8.38. The molecule has 0 bridgehead atoms. The molecule has 4 atom stereocenters. The van der Waals surface area contributed by atoms with E-state index in [1.165, 1.54) is 0 Å². The molecule has 1 aromatic heterocycles. The number of alkyl halides is 7. The van der Waals surface area contributed by atoms with Crippen molar-refractivity contribution in [3.63, 3.8) is 0 Å². The zero-order chi connectivity index (χ0) is 16.9. The Hall–Kier alpha value is -1.32. The van der Waals surface area contributed by atoms with Gasteiger partial charge in [-0.05, 0) is 12.8 Å². The van der Waals surface area contributed by atoms with Crippen molar-refractivity contribution >= 4 is 0 Å². The molecule has 0 unspecified atom stereocenters. The van der Waals surface area contributed by atoms with Crippen LogP contribution in [0, 0.1) is 11.8 Å². The Morgan fingerprint density at radius 1 is 1.09 bits per heavy atom. The fraction of sp³-hybridized carbons (Fsp3) is 0.769. The van der Waals surface area contributed by atoms with Gasteiger partial charge in [0.15, 0.2) is 5.69 Å². The van der Waals surface area contributed by atoms with E-state index in [1.807, 2.05) is 0 Å². The van der Waals surface area contributed by atoms with Crippen molar-refractivity contribution in [2.24, 2.45) is 11.8 Å². The summed E-state index contributed by atoms with van der Waals surface area (Å²) in [5, 5.41) is 12.9. The van der Waals surface area contributed by atoms with Crippen LogP contribution in [-0.4, -0.2) is 26.7 Å². The van der Waals surface area contributed by atoms with Crippen LogP contribution in [0.5, 0.6) is 0 Å². The molecule has 1 heterocycles. The van der Waals surface area contributed by atoms with Crippen molar-refractivity contribution in [1.29, 1.82) is 0 Å². The molecule has 3 nitrogen and oxygen atoms in total. The zero-order valence-electron chi connectivity index (χ0n) is 11.4. The third kappa shape index (κ3) is 1.90. The van der Waals surface area contributed by atoms with Crippen LogP contribution >= 0.6 is 0 Å². The summed E-state index contributed by atoms with van der Waals surface area (Å²) in [6, 6.07) is -0.768. The lowest BCUT2D eigenvalue weighted by Gasteiger charge is -2.19. The first kappa shape index (κ1) is 15.2. The molecule has 3 aliphatic rings. The Bertz CT molecular complexity index is 667. The van der Waals surface area contributed by atoms with Gasteiger partial charge in [0.05, 0.1) is 18.2 Å². The second kappa shape index (κ2) is 4.01. The van der Waals surface area contributed by atoms with Crippen LogP contribution in [-0.2, 0) is 12.6 Å². The van der Waals surface area contributed by atoms with Gasteiger partial charge in [-0.15, -0.1) is 0 Å². The summed E-state index contributed by atoms with van der Waals surface area (Å²) in [6.07, 6.45) is -8.84. The number of aliphatic hydroxyl groups excluding tert-OH is 1.